The minimum Gasteiger partial charge on any atom is -0.469 e. The SMILES string of the molecule is COC(=O)CCCNC(=O)C(CC(C)C)NC(=O)c1ccccc1C. The van der Waals surface area contributed by atoms with Crippen molar-refractivity contribution in [1.29, 1.82) is 0 Å². The maximum atomic E-state index is 12.5. The van der Waals surface area contributed by atoms with Crippen LogP contribution in [0.5, 0.6) is 0 Å². The van der Waals surface area contributed by atoms with E-state index in [1.807, 2.05) is 32.9 Å². The zero-order chi connectivity index (χ0) is 18.8. The van der Waals surface area contributed by atoms with Gasteiger partial charge in [-0.05, 0) is 37.3 Å². The molecule has 1 aromatic carbocycles. The van der Waals surface area contributed by atoms with Gasteiger partial charge in [-0.1, -0.05) is 32.0 Å². The minimum atomic E-state index is -0.606. The Kier molecular flexibility index (Phi) is 8.67. The highest BCUT2D eigenvalue weighted by Gasteiger charge is 2.22. The van der Waals surface area contributed by atoms with Crippen LogP contribution < -0.4 is 10.6 Å². The van der Waals surface area contributed by atoms with Gasteiger partial charge in [-0.15, -0.1) is 0 Å². The number of hydrogen-bond acceptors (Lipinski definition) is 4. The van der Waals surface area contributed by atoms with Crippen LogP contribution in [0.1, 0.15) is 49.0 Å². The lowest BCUT2D eigenvalue weighted by atomic mass is 10.0. The number of hydrogen-bond donors (Lipinski definition) is 2. The van der Waals surface area contributed by atoms with E-state index in [0.717, 1.165) is 5.56 Å². The highest BCUT2D eigenvalue weighted by atomic mass is 16.5. The van der Waals surface area contributed by atoms with Crippen LogP contribution in [0, 0.1) is 12.8 Å². The van der Waals surface area contributed by atoms with Gasteiger partial charge in [-0.3, -0.25) is 14.4 Å². The van der Waals surface area contributed by atoms with Crippen molar-refractivity contribution in [1.82, 2.24) is 10.6 Å². The van der Waals surface area contributed by atoms with Crippen molar-refractivity contribution in [2.45, 2.75) is 46.1 Å². The quantitative estimate of drug-likeness (QED) is 0.529. The van der Waals surface area contributed by atoms with Crippen molar-refractivity contribution in [2.75, 3.05) is 13.7 Å². The van der Waals surface area contributed by atoms with Gasteiger partial charge in [0.1, 0.15) is 6.04 Å². The van der Waals surface area contributed by atoms with Gasteiger partial charge in [0.05, 0.1) is 7.11 Å². The van der Waals surface area contributed by atoms with E-state index in [0.29, 0.717) is 24.9 Å². The van der Waals surface area contributed by atoms with Crippen LogP contribution in [-0.4, -0.2) is 37.5 Å². The molecule has 0 aliphatic heterocycles. The largest absolute Gasteiger partial charge is 0.469 e. The molecule has 0 radical (unpaired) electrons. The van der Waals surface area contributed by atoms with Crippen LogP contribution in [0.3, 0.4) is 0 Å². The molecule has 25 heavy (non-hydrogen) atoms. The first-order chi connectivity index (χ1) is 11.8. The van der Waals surface area contributed by atoms with Crippen LogP contribution in [0.4, 0.5) is 0 Å². The zero-order valence-corrected chi connectivity index (χ0v) is 15.4. The van der Waals surface area contributed by atoms with E-state index in [1.165, 1.54) is 7.11 Å². The van der Waals surface area contributed by atoms with Gasteiger partial charge in [0, 0.05) is 18.5 Å². The molecule has 138 valence electrons. The molecule has 2 N–H and O–H groups in total. The Morgan fingerprint density at radius 3 is 2.44 bits per heavy atom. The molecule has 0 aromatic heterocycles. The monoisotopic (exact) mass is 348 g/mol. The highest BCUT2D eigenvalue weighted by Crippen LogP contribution is 2.10. The Morgan fingerprint density at radius 2 is 1.84 bits per heavy atom. The maximum absolute atomic E-state index is 12.5. The van der Waals surface area contributed by atoms with Crippen LogP contribution in [-0.2, 0) is 14.3 Å². The van der Waals surface area contributed by atoms with Gasteiger partial charge in [0.2, 0.25) is 5.91 Å². The van der Waals surface area contributed by atoms with E-state index in [-0.39, 0.29) is 30.1 Å². The van der Waals surface area contributed by atoms with E-state index < -0.39 is 6.04 Å². The number of amides is 2. The third-order valence-corrected chi connectivity index (χ3v) is 3.80. The van der Waals surface area contributed by atoms with Crippen LogP contribution in [0.15, 0.2) is 24.3 Å². The second kappa shape index (κ2) is 10.5. The predicted octanol–water partition coefficient (Wildman–Crippen LogP) is 2.21. The second-order valence-corrected chi connectivity index (χ2v) is 6.44. The fourth-order valence-corrected chi connectivity index (χ4v) is 2.44. The molecule has 1 atom stereocenters. The number of aryl methyl sites for hydroxylation is 1. The van der Waals surface area contributed by atoms with Gasteiger partial charge in [-0.2, -0.15) is 0 Å². The van der Waals surface area contributed by atoms with Crippen LogP contribution in [0.25, 0.3) is 0 Å². The number of nitrogens with one attached hydrogen (secondary N) is 2. The molecule has 0 spiro atoms. The van der Waals surface area contributed by atoms with Crippen molar-refractivity contribution in [2.24, 2.45) is 5.92 Å². The average Bonchev–Trinajstić information content (AvgIpc) is 2.57. The molecule has 1 rings (SSSR count). The van der Waals surface area contributed by atoms with Gasteiger partial charge in [-0.25, -0.2) is 0 Å². The summed E-state index contributed by atoms with van der Waals surface area (Å²) in [5, 5.41) is 5.60. The summed E-state index contributed by atoms with van der Waals surface area (Å²) in [5.74, 6) is -0.544. The van der Waals surface area contributed by atoms with Crippen LogP contribution in [0.2, 0.25) is 0 Å². The average molecular weight is 348 g/mol. The van der Waals surface area contributed by atoms with Gasteiger partial charge in [0.25, 0.3) is 5.91 Å². The summed E-state index contributed by atoms with van der Waals surface area (Å²) < 4.78 is 4.56. The molecule has 1 aromatic rings. The Labute approximate surface area is 149 Å². The molecule has 0 fully saturated rings. The summed E-state index contributed by atoms with van der Waals surface area (Å²) in [6, 6.07) is 6.66. The molecule has 6 nitrogen and oxygen atoms in total. The maximum Gasteiger partial charge on any atom is 0.305 e. The third-order valence-electron chi connectivity index (χ3n) is 3.80. The van der Waals surface area contributed by atoms with Crippen molar-refractivity contribution in [3.05, 3.63) is 35.4 Å². The Morgan fingerprint density at radius 1 is 1.16 bits per heavy atom. The molecule has 0 saturated heterocycles. The van der Waals surface area contributed by atoms with Gasteiger partial charge in [0.15, 0.2) is 0 Å². The minimum absolute atomic E-state index is 0.236. The number of rotatable bonds is 9. The van der Waals surface area contributed by atoms with E-state index in [9.17, 15) is 14.4 Å². The second-order valence-electron chi connectivity index (χ2n) is 6.44. The molecule has 6 heteroatoms. The van der Waals surface area contributed by atoms with Crippen molar-refractivity contribution in [3.63, 3.8) is 0 Å². The standard InChI is InChI=1S/C19H28N2O4/c1-13(2)12-16(19(24)20-11-7-10-17(22)25-4)21-18(23)15-9-6-5-8-14(15)3/h5-6,8-9,13,16H,7,10-12H2,1-4H3,(H,20,24)(H,21,23). The Bertz CT molecular complexity index is 599. The lowest BCUT2D eigenvalue weighted by Crippen LogP contribution is -2.47. The number of methoxy groups -OCH3 is 1. The number of carbonyl (C=O) groups excluding carboxylic acids is 3. The van der Waals surface area contributed by atoms with Crippen LogP contribution >= 0.6 is 0 Å². The summed E-state index contributed by atoms with van der Waals surface area (Å²) in [6.07, 6.45) is 1.29. The van der Waals surface area contributed by atoms with Crippen molar-refractivity contribution >= 4 is 17.8 Å². The highest BCUT2D eigenvalue weighted by molar-refractivity contribution is 5.98. The zero-order valence-electron chi connectivity index (χ0n) is 15.4. The van der Waals surface area contributed by atoms with E-state index >= 15 is 0 Å². The summed E-state index contributed by atoms with van der Waals surface area (Å²) >= 11 is 0. The summed E-state index contributed by atoms with van der Waals surface area (Å²) in [5.41, 5.74) is 1.43. The molecule has 0 bridgehead atoms. The lowest BCUT2D eigenvalue weighted by molar-refractivity contribution is -0.140. The topological polar surface area (TPSA) is 84.5 Å². The lowest BCUT2D eigenvalue weighted by Gasteiger charge is -2.20. The van der Waals surface area contributed by atoms with Crippen molar-refractivity contribution < 1.29 is 19.1 Å². The summed E-state index contributed by atoms with van der Waals surface area (Å²) in [6.45, 7) is 6.22. The van der Waals surface area contributed by atoms with E-state index in [2.05, 4.69) is 15.4 Å². The first-order valence-electron chi connectivity index (χ1n) is 8.56. The Balaban J connectivity index is 2.64. The van der Waals surface area contributed by atoms with Gasteiger partial charge < -0.3 is 15.4 Å². The van der Waals surface area contributed by atoms with Crippen molar-refractivity contribution in [3.8, 4) is 0 Å². The first-order valence-corrected chi connectivity index (χ1v) is 8.56. The molecular weight excluding hydrogens is 320 g/mol. The molecule has 0 aliphatic rings. The number of esters is 1. The molecule has 0 aliphatic carbocycles. The van der Waals surface area contributed by atoms with Gasteiger partial charge >= 0.3 is 5.97 Å². The summed E-state index contributed by atoms with van der Waals surface area (Å²) in [4.78, 5) is 35.9. The van der Waals surface area contributed by atoms with E-state index in [4.69, 9.17) is 0 Å². The fourth-order valence-electron chi connectivity index (χ4n) is 2.44. The van der Waals surface area contributed by atoms with E-state index in [1.54, 1.807) is 12.1 Å². The number of ether oxygens (including phenoxy) is 1. The molecule has 2 amide bonds. The normalized spacial score (nSPS) is 11.7. The molecule has 1 unspecified atom stereocenters. The summed E-state index contributed by atoms with van der Waals surface area (Å²) in [7, 11) is 1.33. The first kappa shape index (κ1) is 20.7. The third kappa shape index (κ3) is 7.37. The molecule has 0 heterocycles. The predicted molar refractivity (Wildman–Crippen MR) is 96.1 cm³/mol. The fraction of sp³-hybridized carbons (Fsp3) is 0.526. The Hall–Kier alpha value is -2.37. The number of carbonyl (C=O) groups is 3. The number of benzene rings is 1. The molecular formula is C19H28N2O4. The molecule has 0 saturated carbocycles. The smallest absolute Gasteiger partial charge is 0.305 e.